The Morgan fingerprint density at radius 1 is 0.776 bits per heavy atom. The van der Waals surface area contributed by atoms with E-state index in [9.17, 15) is 32.8 Å². The van der Waals surface area contributed by atoms with Gasteiger partial charge >= 0.3 is 0 Å². The molecule has 1 aromatic heterocycles. The summed E-state index contributed by atoms with van der Waals surface area (Å²) in [6, 6.07) is 19.6. The van der Waals surface area contributed by atoms with Gasteiger partial charge in [-0.1, -0.05) is 6.07 Å². The molecule has 0 bridgehead atoms. The van der Waals surface area contributed by atoms with E-state index in [1.165, 1.54) is 12.1 Å². The number of carbonyl (C=O) groups is 5. The van der Waals surface area contributed by atoms with Crippen LogP contribution in [-0.4, -0.2) is 121 Å². The van der Waals surface area contributed by atoms with Crippen LogP contribution in [-0.2, 0) is 20.7 Å². The quantitative estimate of drug-likeness (QED) is 0.120. The number of aromatic amines is 1. The number of rotatable bonds is 11. The maximum absolute atomic E-state index is 14.1. The van der Waals surface area contributed by atoms with Crippen LogP contribution >= 0.6 is 0 Å². The van der Waals surface area contributed by atoms with Crippen LogP contribution in [0.2, 0.25) is 0 Å². The minimum absolute atomic E-state index is 0.0846. The van der Waals surface area contributed by atoms with E-state index in [0.717, 1.165) is 111 Å². The summed E-state index contributed by atoms with van der Waals surface area (Å²) >= 11 is 0. The van der Waals surface area contributed by atoms with Crippen LogP contribution in [0.25, 0.3) is 10.9 Å². The van der Waals surface area contributed by atoms with E-state index in [1.54, 1.807) is 12.1 Å². The molecule has 0 radical (unpaired) electrons. The zero-order valence-corrected chi connectivity index (χ0v) is 36.9. The number of H-pyrrole nitrogens is 1. The van der Waals surface area contributed by atoms with Crippen molar-refractivity contribution in [2.24, 2.45) is 11.3 Å². The number of likely N-dealkylation sites (tertiary alicyclic amines) is 1. The lowest BCUT2D eigenvalue weighted by atomic mass is 9.72. The number of fused-ring (bicyclic) bond motifs is 2. The standard InChI is InChI=1S/C50H51F2N9O6/c51-32-18-31(19-33(52)21-32)17-30-1-6-41-40(20-30)45(57-56-41)55-46(63)38-5-3-36(23-42(38)53-34-11-15-67-16-12-34)59-13-9-29(10-14-59)24-58-25-50(26-58)27-60(28-50)35-2-4-37-39(22-35)49(66)61(48(37)65)43-7-8-44(62)54-47(43)64/h1-6,18-23,29,34,43,53H,7-17,24-28H2,(H,54,62,64)(H2,55,56,57,63). The second-order valence-electron chi connectivity index (χ2n) is 19.3. The van der Waals surface area contributed by atoms with Gasteiger partial charge in [0.05, 0.1) is 22.2 Å². The number of piperidine rings is 2. The number of nitrogens with one attached hydrogen (secondary N) is 4. The third-order valence-corrected chi connectivity index (χ3v) is 14.5. The van der Waals surface area contributed by atoms with Gasteiger partial charge in [-0.25, -0.2) is 8.78 Å². The molecule has 4 aromatic carbocycles. The summed E-state index contributed by atoms with van der Waals surface area (Å²) < 4.78 is 33.4. The van der Waals surface area contributed by atoms with Crippen molar-refractivity contribution in [1.29, 1.82) is 0 Å². The van der Waals surface area contributed by atoms with Crippen molar-refractivity contribution in [3.63, 3.8) is 0 Å². The molecule has 5 aromatic rings. The van der Waals surface area contributed by atoms with Crippen molar-refractivity contribution in [3.8, 4) is 0 Å². The number of hydrogen-bond acceptors (Lipinski definition) is 11. The van der Waals surface area contributed by atoms with Gasteiger partial charge in [0, 0.05) is 105 Å². The predicted octanol–water partition coefficient (Wildman–Crippen LogP) is 5.71. The summed E-state index contributed by atoms with van der Waals surface area (Å²) in [5.74, 6) is -2.61. The molecule has 1 spiro atoms. The van der Waals surface area contributed by atoms with Gasteiger partial charge in [0.1, 0.15) is 17.7 Å². The third-order valence-electron chi connectivity index (χ3n) is 14.5. The first-order chi connectivity index (χ1) is 32.4. The fourth-order valence-electron chi connectivity index (χ4n) is 11.1. The molecule has 0 saturated carbocycles. The van der Waals surface area contributed by atoms with Crippen molar-refractivity contribution in [1.82, 2.24) is 25.3 Å². The van der Waals surface area contributed by atoms with Crippen LogP contribution < -0.4 is 25.8 Å². The molecule has 6 aliphatic heterocycles. The fraction of sp³-hybridized carbons (Fsp3) is 0.400. The Hall–Kier alpha value is -6.72. The highest BCUT2D eigenvalue weighted by Gasteiger charge is 2.52. The first-order valence-corrected chi connectivity index (χ1v) is 23.2. The van der Waals surface area contributed by atoms with Crippen LogP contribution in [0.5, 0.6) is 0 Å². The molecule has 15 nitrogen and oxygen atoms in total. The van der Waals surface area contributed by atoms with Gasteiger partial charge in [-0.05, 0) is 116 Å². The van der Waals surface area contributed by atoms with Crippen LogP contribution in [0.3, 0.4) is 0 Å². The van der Waals surface area contributed by atoms with Gasteiger partial charge in [0.15, 0.2) is 5.82 Å². The van der Waals surface area contributed by atoms with Crippen molar-refractivity contribution >= 4 is 63.3 Å². The normalized spacial score (nSPS) is 21.1. The second-order valence-corrected chi connectivity index (χ2v) is 19.3. The molecular formula is C50H51F2N9O6. The molecule has 6 aliphatic rings. The number of benzene rings is 4. The molecule has 7 heterocycles. The lowest BCUT2D eigenvalue weighted by Crippen LogP contribution is -2.72. The highest BCUT2D eigenvalue weighted by molar-refractivity contribution is 6.23. The minimum Gasteiger partial charge on any atom is -0.381 e. The molecule has 4 N–H and O–H groups in total. The monoisotopic (exact) mass is 911 g/mol. The lowest BCUT2D eigenvalue weighted by Gasteiger charge is -2.61. The van der Waals surface area contributed by atoms with Crippen LogP contribution in [0.15, 0.2) is 72.8 Å². The van der Waals surface area contributed by atoms with Gasteiger partial charge in [0.25, 0.3) is 17.7 Å². The van der Waals surface area contributed by atoms with E-state index in [4.69, 9.17) is 4.74 Å². The summed E-state index contributed by atoms with van der Waals surface area (Å²) in [7, 11) is 0. The Bertz CT molecular complexity index is 2800. The van der Waals surface area contributed by atoms with Gasteiger partial charge in [0.2, 0.25) is 11.8 Å². The van der Waals surface area contributed by atoms with Gasteiger partial charge in [-0.15, -0.1) is 0 Å². The summed E-state index contributed by atoms with van der Waals surface area (Å²) in [5, 5.41) is 17.0. The number of halogens is 2. The molecule has 346 valence electrons. The van der Waals surface area contributed by atoms with Crippen LogP contribution in [0, 0.1) is 23.0 Å². The van der Waals surface area contributed by atoms with E-state index >= 15 is 0 Å². The maximum atomic E-state index is 14.1. The van der Waals surface area contributed by atoms with Gasteiger partial charge in [-0.2, -0.15) is 5.10 Å². The predicted molar refractivity (Wildman–Crippen MR) is 246 cm³/mol. The van der Waals surface area contributed by atoms with Crippen molar-refractivity contribution < 1.29 is 37.5 Å². The van der Waals surface area contributed by atoms with Crippen molar-refractivity contribution in [3.05, 3.63) is 112 Å². The third kappa shape index (κ3) is 8.39. The van der Waals surface area contributed by atoms with Crippen LogP contribution in [0.4, 0.5) is 31.7 Å². The van der Waals surface area contributed by atoms with Gasteiger partial charge < -0.3 is 30.1 Å². The zero-order chi connectivity index (χ0) is 46.0. The number of anilines is 4. The smallest absolute Gasteiger partial charge is 0.262 e. The van der Waals surface area contributed by atoms with Crippen molar-refractivity contribution in [2.75, 3.05) is 79.5 Å². The highest BCUT2D eigenvalue weighted by Crippen LogP contribution is 2.44. The molecule has 17 heteroatoms. The van der Waals surface area contributed by atoms with Crippen LogP contribution in [0.1, 0.15) is 80.7 Å². The molecule has 67 heavy (non-hydrogen) atoms. The molecule has 5 saturated heterocycles. The Kier molecular flexibility index (Phi) is 11.0. The average molecular weight is 912 g/mol. The molecule has 5 amide bonds. The van der Waals surface area contributed by atoms with Gasteiger partial charge in [-0.3, -0.25) is 39.3 Å². The number of nitrogens with zero attached hydrogens (tertiary/aromatic N) is 5. The number of ether oxygens (including phenoxy) is 1. The summed E-state index contributed by atoms with van der Waals surface area (Å²) in [4.78, 5) is 73.0. The first-order valence-electron chi connectivity index (χ1n) is 23.2. The number of aromatic nitrogens is 2. The van der Waals surface area contributed by atoms with E-state index < -0.39 is 41.3 Å². The largest absolute Gasteiger partial charge is 0.381 e. The zero-order valence-electron chi connectivity index (χ0n) is 36.9. The average Bonchev–Trinajstić information content (AvgIpc) is 3.79. The molecular weight excluding hydrogens is 861 g/mol. The van der Waals surface area contributed by atoms with E-state index in [1.807, 2.05) is 36.4 Å². The molecule has 5 fully saturated rings. The van der Waals surface area contributed by atoms with E-state index in [2.05, 4.69) is 46.9 Å². The number of carbonyl (C=O) groups excluding carboxylic acids is 5. The summed E-state index contributed by atoms with van der Waals surface area (Å²) in [6.45, 7) is 7.95. The van der Waals surface area contributed by atoms with Crippen molar-refractivity contribution in [2.45, 2.75) is 57.0 Å². The lowest BCUT2D eigenvalue weighted by molar-refractivity contribution is -0.136. The SMILES string of the molecule is O=C1CCC(N2C(=O)c3ccc(N4CC5(CN(CC6CCN(c7ccc(C(=O)Nc8n[nH]c9ccc(Cc%10cc(F)cc(F)c%10)cc89)c(NC8CCOCC8)c7)CC6)C5)C4)cc3C2=O)C(=O)N1. The number of hydrogen-bond donors (Lipinski definition) is 4. The molecule has 1 unspecified atom stereocenters. The fourth-order valence-corrected chi connectivity index (χ4v) is 11.1. The maximum Gasteiger partial charge on any atom is 0.262 e. The Labute approximate surface area is 385 Å². The summed E-state index contributed by atoms with van der Waals surface area (Å²) in [6.07, 6.45) is 4.30. The summed E-state index contributed by atoms with van der Waals surface area (Å²) in [5.41, 5.74) is 6.07. The molecule has 1 atom stereocenters. The highest BCUT2D eigenvalue weighted by atomic mass is 19.1. The molecule has 0 aliphatic carbocycles. The van der Waals surface area contributed by atoms with E-state index in [0.29, 0.717) is 59.0 Å². The Morgan fingerprint density at radius 2 is 1.51 bits per heavy atom. The second kappa shape index (κ2) is 17.2. The Morgan fingerprint density at radius 3 is 2.27 bits per heavy atom. The number of imide groups is 2. The Balaban J connectivity index is 0.694. The minimum atomic E-state index is -0.982. The topological polar surface area (TPSA) is 172 Å². The van der Waals surface area contributed by atoms with E-state index in [-0.39, 0.29) is 30.2 Å². The molecule has 11 rings (SSSR count). The first kappa shape index (κ1) is 42.9. The number of amides is 5.